The van der Waals surface area contributed by atoms with Crippen molar-refractivity contribution in [2.75, 3.05) is 20.2 Å². The summed E-state index contributed by atoms with van der Waals surface area (Å²) >= 11 is 0. The first-order valence-electron chi connectivity index (χ1n) is 11.6. The molecule has 1 aliphatic rings. The highest BCUT2D eigenvalue weighted by molar-refractivity contribution is 5.84. The number of methoxy groups -OCH3 is 1. The van der Waals surface area contributed by atoms with Gasteiger partial charge in [0.15, 0.2) is 0 Å². The van der Waals surface area contributed by atoms with Crippen LogP contribution in [0.15, 0.2) is 84.9 Å². The molecule has 0 radical (unpaired) electrons. The number of hydrogen-bond donors (Lipinski definition) is 0. The fourth-order valence-electron chi connectivity index (χ4n) is 3.98. The molecule has 0 fully saturated rings. The number of rotatable bonds is 5. The van der Waals surface area contributed by atoms with Gasteiger partial charge in [-0.25, -0.2) is 9.18 Å². The van der Waals surface area contributed by atoms with E-state index in [0.717, 1.165) is 34.7 Å². The fraction of sp³-hybridized carbons (Fsp3) is 0.214. The lowest BCUT2D eigenvalue weighted by molar-refractivity contribution is -0.137. The van der Waals surface area contributed by atoms with Crippen molar-refractivity contribution in [1.29, 1.82) is 0 Å². The number of nitrogens with zero attached hydrogens (tertiary/aromatic N) is 2. The Balaban J connectivity index is 1.57. The van der Waals surface area contributed by atoms with Crippen LogP contribution >= 0.6 is 0 Å². The number of carbonyl (C=O) groups is 2. The number of amides is 2. The zero-order chi connectivity index (χ0) is 27.3. The number of hydrogen-bond acceptors (Lipinski definition) is 4. The normalized spacial score (nSPS) is 17.0. The Hall–Kier alpha value is -4.34. The second kappa shape index (κ2) is 11.4. The summed E-state index contributed by atoms with van der Waals surface area (Å²) in [6, 6.07) is 16.2. The highest BCUT2D eigenvalue weighted by atomic mass is 19.4. The first kappa shape index (κ1) is 26.7. The van der Waals surface area contributed by atoms with Gasteiger partial charge in [-0.3, -0.25) is 9.69 Å². The summed E-state index contributed by atoms with van der Waals surface area (Å²) < 4.78 is 62.3. The minimum absolute atomic E-state index is 0.0439. The molecule has 198 valence electrons. The molecule has 0 unspecified atom stereocenters. The Labute approximate surface area is 216 Å². The van der Waals surface area contributed by atoms with Gasteiger partial charge in [-0.05, 0) is 59.7 Å². The molecule has 2 amide bonds. The van der Waals surface area contributed by atoms with Crippen molar-refractivity contribution in [2.45, 2.75) is 18.8 Å². The summed E-state index contributed by atoms with van der Waals surface area (Å²) in [7, 11) is 1.55. The van der Waals surface area contributed by atoms with Crippen LogP contribution in [0.3, 0.4) is 0 Å². The van der Waals surface area contributed by atoms with Gasteiger partial charge in [-0.2, -0.15) is 13.2 Å². The van der Waals surface area contributed by atoms with Crippen LogP contribution in [-0.4, -0.2) is 42.0 Å². The quantitative estimate of drug-likeness (QED) is 0.301. The lowest BCUT2D eigenvalue weighted by Crippen LogP contribution is -2.46. The Morgan fingerprint density at radius 1 is 0.947 bits per heavy atom. The molecular formula is C28H24F4N2O4. The molecule has 0 spiro atoms. The maximum Gasteiger partial charge on any atom is 0.416 e. The smallest absolute Gasteiger partial charge is 0.416 e. The zero-order valence-electron chi connectivity index (χ0n) is 20.3. The van der Waals surface area contributed by atoms with Crippen molar-refractivity contribution < 1.29 is 36.6 Å². The van der Waals surface area contributed by atoms with Crippen molar-refractivity contribution in [3.05, 3.63) is 107 Å². The molecule has 10 heteroatoms. The van der Waals surface area contributed by atoms with Gasteiger partial charge in [0.25, 0.3) is 0 Å². The summed E-state index contributed by atoms with van der Waals surface area (Å²) in [6.45, 7) is -0.151. The molecule has 0 bridgehead atoms. The Kier molecular flexibility index (Phi) is 7.99. The highest BCUT2D eigenvalue weighted by Gasteiger charge is 2.31. The van der Waals surface area contributed by atoms with Crippen LogP contribution in [0.25, 0.3) is 0 Å². The summed E-state index contributed by atoms with van der Waals surface area (Å²) in [6.07, 6.45) is -1.90. The van der Waals surface area contributed by atoms with Crippen molar-refractivity contribution in [1.82, 2.24) is 9.80 Å². The minimum atomic E-state index is -4.52. The molecule has 0 saturated heterocycles. The lowest BCUT2D eigenvalue weighted by Gasteiger charge is -2.34. The van der Waals surface area contributed by atoms with E-state index in [2.05, 4.69) is 0 Å². The molecule has 1 aliphatic heterocycles. The Morgan fingerprint density at radius 3 is 2.18 bits per heavy atom. The van der Waals surface area contributed by atoms with E-state index in [9.17, 15) is 27.2 Å². The van der Waals surface area contributed by atoms with E-state index in [1.165, 1.54) is 12.1 Å². The molecule has 3 aromatic rings. The van der Waals surface area contributed by atoms with E-state index < -0.39 is 35.6 Å². The van der Waals surface area contributed by atoms with E-state index in [1.807, 2.05) is 12.1 Å². The summed E-state index contributed by atoms with van der Waals surface area (Å²) in [4.78, 5) is 29.0. The first-order valence-corrected chi connectivity index (χ1v) is 11.6. The SMILES string of the molecule is COc1ccc([C@H]2/C=C\CN(C(=O)Oc3ccc(C(F)(F)F)cc3)CC(=O)N2Cc2ccc(F)cc2)cc1. The van der Waals surface area contributed by atoms with Crippen LogP contribution in [0.5, 0.6) is 11.5 Å². The molecular weight excluding hydrogens is 504 g/mol. The second-order valence-electron chi connectivity index (χ2n) is 8.56. The number of halogens is 4. The van der Waals surface area contributed by atoms with Crippen LogP contribution in [-0.2, 0) is 17.5 Å². The first-order chi connectivity index (χ1) is 18.1. The summed E-state index contributed by atoms with van der Waals surface area (Å²) in [5.74, 6) is -0.238. The van der Waals surface area contributed by atoms with Gasteiger partial charge >= 0.3 is 12.3 Å². The number of alkyl halides is 3. The minimum Gasteiger partial charge on any atom is -0.497 e. The van der Waals surface area contributed by atoms with Crippen molar-refractivity contribution in [2.24, 2.45) is 0 Å². The Morgan fingerprint density at radius 2 is 1.58 bits per heavy atom. The molecule has 6 nitrogen and oxygen atoms in total. The maximum absolute atomic E-state index is 13.5. The van der Waals surface area contributed by atoms with E-state index >= 15 is 0 Å². The predicted molar refractivity (Wildman–Crippen MR) is 131 cm³/mol. The van der Waals surface area contributed by atoms with Gasteiger partial charge in [0, 0.05) is 13.1 Å². The average Bonchev–Trinajstić information content (AvgIpc) is 2.89. The monoisotopic (exact) mass is 528 g/mol. The van der Waals surface area contributed by atoms with Crippen LogP contribution in [0.2, 0.25) is 0 Å². The molecule has 1 atom stereocenters. The average molecular weight is 529 g/mol. The fourth-order valence-corrected chi connectivity index (χ4v) is 3.98. The van der Waals surface area contributed by atoms with Gasteiger partial charge in [0.2, 0.25) is 5.91 Å². The lowest BCUT2D eigenvalue weighted by atomic mass is 10.0. The zero-order valence-corrected chi connectivity index (χ0v) is 20.3. The molecule has 3 aromatic carbocycles. The molecule has 1 heterocycles. The van der Waals surface area contributed by atoms with Gasteiger partial charge in [-0.15, -0.1) is 0 Å². The van der Waals surface area contributed by atoms with Gasteiger partial charge in [0.05, 0.1) is 18.7 Å². The van der Waals surface area contributed by atoms with Crippen molar-refractivity contribution in [3.63, 3.8) is 0 Å². The Bertz CT molecular complexity index is 1290. The molecule has 0 aromatic heterocycles. The van der Waals surface area contributed by atoms with Crippen molar-refractivity contribution in [3.8, 4) is 11.5 Å². The third-order valence-electron chi connectivity index (χ3n) is 5.99. The van der Waals surface area contributed by atoms with Crippen LogP contribution in [0, 0.1) is 5.82 Å². The highest BCUT2D eigenvalue weighted by Crippen LogP contribution is 2.31. The van der Waals surface area contributed by atoms with Crippen LogP contribution < -0.4 is 9.47 Å². The third-order valence-corrected chi connectivity index (χ3v) is 5.99. The molecule has 0 saturated carbocycles. The van der Waals surface area contributed by atoms with Crippen LogP contribution in [0.4, 0.5) is 22.4 Å². The number of ether oxygens (including phenoxy) is 2. The van der Waals surface area contributed by atoms with Crippen molar-refractivity contribution >= 4 is 12.0 Å². The molecule has 4 rings (SSSR count). The largest absolute Gasteiger partial charge is 0.497 e. The number of carbonyl (C=O) groups excluding carboxylic acids is 2. The van der Waals surface area contributed by atoms with Gasteiger partial charge < -0.3 is 14.4 Å². The van der Waals surface area contributed by atoms with E-state index in [0.29, 0.717) is 11.3 Å². The van der Waals surface area contributed by atoms with E-state index in [4.69, 9.17) is 9.47 Å². The maximum atomic E-state index is 13.5. The third kappa shape index (κ3) is 6.50. The van der Waals surface area contributed by atoms with E-state index in [1.54, 1.807) is 48.4 Å². The standard InChI is InChI=1S/C28H24F4N2O4/c1-37-23-12-6-20(7-13-23)25-3-2-16-33(18-26(35)34(25)17-19-4-10-22(29)11-5-19)27(36)38-24-14-8-21(9-15-24)28(30,31)32/h2-15,25H,16-18H2,1H3/b3-2-/t25-/m1/s1. The summed E-state index contributed by atoms with van der Waals surface area (Å²) in [5.41, 5.74) is 0.618. The predicted octanol–water partition coefficient (Wildman–Crippen LogP) is 5.99. The van der Waals surface area contributed by atoms with Crippen LogP contribution in [0.1, 0.15) is 22.7 Å². The molecule has 0 N–H and O–H groups in total. The molecule has 38 heavy (non-hydrogen) atoms. The molecule has 0 aliphatic carbocycles. The van der Waals surface area contributed by atoms with E-state index in [-0.39, 0.29) is 25.4 Å². The van der Waals surface area contributed by atoms with Gasteiger partial charge in [-0.1, -0.05) is 36.4 Å². The number of benzene rings is 3. The van der Waals surface area contributed by atoms with Gasteiger partial charge in [0.1, 0.15) is 23.9 Å². The topological polar surface area (TPSA) is 59.1 Å². The second-order valence-corrected chi connectivity index (χ2v) is 8.56. The summed E-state index contributed by atoms with van der Waals surface area (Å²) in [5, 5.41) is 0.